The van der Waals surface area contributed by atoms with Crippen LogP contribution in [0, 0.1) is 0 Å². The molecule has 5 aromatic rings. The number of aromatic hydroxyl groups is 1. The zero-order chi connectivity index (χ0) is 32.4. The van der Waals surface area contributed by atoms with Crippen molar-refractivity contribution in [2.45, 2.75) is 12.5 Å². The number of benzene rings is 3. The predicted octanol–water partition coefficient (Wildman–Crippen LogP) is -0.252. The molecule has 46 heavy (non-hydrogen) atoms. The van der Waals surface area contributed by atoms with Crippen LogP contribution in [0.3, 0.4) is 0 Å². The molecule has 1 fully saturated rings. The summed E-state index contributed by atoms with van der Waals surface area (Å²) in [6, 6.07) is 21.0. The molecule has 1 aliphatic rings. The van der Waals surface area contributed by atoms with Crippen molar-refractivity contribution in [2.75, 3.05) is 33.4 Å². The Kier molecular flexibility index (Phi) is 8.42. The Morgan fingerprint density at radius 1 is 0.848 bits per heavy atom. The molecule has 13 heteroatoms. The van der Waals surface area contributed by atoms with E-state index in [0.717, 1.165) is 27.8 Å². The summed E-state index contributed by atoms with van der Waals surface area (Å²) in [5.41, 5.74) is -3.46. The van der Waals surface area contributed by atoms with Crippen molar-refractivity contribution in [3.8, 4) is 28.9 Å². The SMILES string of the molecule is COc1ccc(C(c2c([O-])n(-c3ccccc3)c(=O)[nH]c2=O)c2c(O)n(-c3ccccc3)c(=O)[nH]c2=O)cc1C[NH+]1CCOCC1. The van der Waals surface area contributed by atoms with Crippen LogP contribution >= 0.6 is 0 Å². The van der Waals surface area contributed by atoms with Crippen molar-refractivity contribution in [1.29, 1.82) is 0 Å². The number of aromatic nitrogens is 4. The highest BCUT2D eigenvalue weighted by atomic mass is 16.5. The number of hydrogen-bond acceptors (Lipinski definition) is 8. The average molecular weight is 626 g/mol. The van der Waals surface area contributed by atoms with Gasteiger partial charge in [0.2, 0.25) is 5.88 Å². The van der Waals surface area contributed by atoms with E-state index in [2.05, 4.69) is 9.97 Å². The molecule has 0 aliphatic carbocycles. The Balaban J connectivity index is 1.66. The maximum Gasteiger partial charge on any atom is 0.335 e. The van der Waals surface area contributed by atoms with E-state index >= 15 is 0 Å². The second-order valence-electron chi connectivity index (χ2n) is 10.9. The summed E-state index contributed by atoms with van der Waals surface area (Å²) in [7, 11) is 1.52. The number of nitrogens with one attached hydrogen (secondary N) is 3. The molecule has 6 rings (SSSR count). The van der Waals surface area contributed by atoms with E-state index in [9.17, 15) is 29.4 Å². The fraction of sp³-hybridized carbons (Fsp3) is 0.212. The van der Waals surface area contributed by atoms with Crippen LogP contribution in [0.25, 0.3) is 11.4 Å². The third-order valence-electron chi connectivity index (χ3n) is 8.11. The molecule has 0 radical (unpaired) electrons. The van der Waals surface area contributed by atoms with Gasteiger partial charge in [-0.3, -0.25) is 24.1 Å². The lowest BCUT2D eigenvalue weighted by molar-refractivity contribution is -0.921. The molecule has 3 aromatic carbocycles. The highest BCUT2D eigenvalue weighted by Crippen LogP contribution is 2.38. The lowest BCUT2D eigenvalue weighted by Gasteiger charge is -2.28. The number of H-pyrrole nitrogens is 2. The molecule has 0 bridgehead atoms. The van der Waals surface area contributed by atoms with Crippen molar-refractivity contribution in [1.82, 2.24) is 19.1 Å². The van der Waals surface area contributed by atoms with Gasteiger partial charge < -0.3 is 24.6 Å². The van der Waals surface area contributed by atoms with E-state index in [0.29, 0.717) is 25.5 Å². The normalized spacial score (nSPS) is 14.2. The van der Waals surface area contributed by atoms with E-state index in [1.165, 1.54) is 24.1 Å². The number of rotatable bonds is 8. The van der Waals surface area contributed by atoms with Gasteiger partial charge in [-0.1, -0.05) is 42.5 Å². The van der Waals surface area contributed by atoms with Gasteiger partial charge in [-0.2, -0.15) is 0 Å². The second kappa shape index (κ2) is 12.8. The van der Waals surface area contributed by atoms with Crippen molar-refractivity contribution >= 4 is 0 Å². The maximum atomic E-state index is 14.2. The van der Waals surface area contributed by atoms with Crippen LogP contribution in [0.1, 0.15) is 28.2 Å². The van der Waals surface area contributed by atoms with Crippen LogP contribution in [0.4, 0.5) is 0 Å². The summed E-state index contributed by atoms with van der Waals surface area (Å²) in [4.78, 5) is 59.0. The van der Waals surface area contributed by atoms with Gasteiger partial charge in [0.05, 0.1) is 37.5 Å². The fourth-order valence-electron chi connectivity index (χ4n) is 5.91. The van der Waals surface area contributed by atoms with Crippen molar-refractivity contribution in [3.63, 3.8) is 0 Å². The van der Waals surface area contributed by atoms with Crippen molar-refractivity contribution in [3.05, 3.63) is 143 Å². The quantitative estimate of drug-likeness (QED) is 0.183. The summed E-state index contributed by atoms with van der Waals surface area (Å²) in [5, 5.41) is 25.9. The number of morpholine rings is 1. The molecular formula is C33H31N5O8. The van der Waals surface area contributed by atoms with Crippen LogP contribution in [-0.4, -0.2) is 57.6 Å². The molecule has 13 nitrogen and oxygen atoms in total. The van der Waals surface area contributed by atoms with Crippen LogP contribution in [-0.2, 0) is 11.3 Å². The van der Waals surface area contributed by atoms with Gasteiger partial charge in [0.25, 0.3) is 11.1 Å². The lowest BCUT2D eigenvalue weighted by Crippen LogP contribution is -3.12. The average Bonchev–Trinajstić information content (AvgIpc) is 3.05. The molecule has 3 heterocycles. The first-order valence-corrected chi connectivity index (χ1v) is 14.6. The van der Waals surface area contributed by atoms with Crippen LogP contribution in [0.2, 0.25) is 0 Å². The second-order valence-corrected chi connectivity index (χ2v) is 10.9. The van der Waals surface area contributed by atoms with Gasteiger partial charge >= 0.3 is 11.4 Å². The van der Waals surface area contributed by atoms with Crippen molar-refractivity contribution < 1.29 is 24.6 Å². The van der Waals surface area contributed by atoms with Gasteiger partial charge in [0.15, 0.2) is 0 Å². The highest BCUT2D eigenvalue weighted by Gasteiger charge is 2.31. The first kappa shape index (κ1) is 30.4. The molecule has 1 unspecified atom stereocenters. The van der Waals surface area contributed by atoms with Crippen LogP contribution in [0.5, 0.6) is 17.5 Å². The van der Waals surface area contributed by atoms with E-state index in [1.54, 1.807) is 66.7 Å². The number of hydrogen-bond donors (Lipinski definition) is 4. The van der Waals surface area contributed by atoms with Gasteiger partial charge in [0, 0.05) is 16.8 Å². The number of quaternary nitrogens is 1. The molecule has 236 valence electrons. The van der Waals surface area contributed by atoms with E-state index in [-0.39, 0.29) is 16.9 Å². The van der Waals surface area contributed by atoms with Crippen LogP contribution < -0.4 is 37.2 Å². The van der Waals surface area contributed by atoms with Gasteiger partial charge in [-0.15, -0.1) is 0 Å². The molecule has 1 saturated heterocycles. The number of aromatic amines is 2. The number of para-hydroxylation sites is 2. The Bertz CT molecular complexity index is 2000. The van der Waals surface area contributed by atoms with E-state index in [1.807, 2.05) is 0 Å². The summed E-state index contributed by atoms with van der Waals surface area (Å²) < 4.78 is 12.8. The predicted molar refractivity (Wildman–Crippen MR) is 166 cm³/mol. The molecule has 2 aromatic heterocycles. The molecule has 1 aliphatic heterocycles. The highest BCUT2D eigenvalue weighted by molar-refractivity contribution is 5.53. The summed E-state index contributed by atoms with van der Waals surface area (Å²) in [5.74, 6) is -2.73. The Hall–Kier alpha value is -5.66. The minimum absolute atomic E-state index is 0.187. The van der Waals surface area contributed by atoms with E-state index in [4.69, 9.17) is 9.47 Å². The minimum atomic E-state index is -1.52. The van der Waals surface area contributed by atoms with Crippen LogP contribution in [0.15, 0.2) is 98.0 Å². The summed E-state index contributed by atoms with van der Waals surface area (Å²) in [6.45, 7) is 3.15. The first-order chi connectivity index (χ1) is 22.3. The molecule has 0 spiro atoms. The Labute approximate surface area is 261 Å². The van der Waals surface area contributed by atoms with E-state index < -0.39 is 51.3 Å². The lowest BCUT2D eigenvalue weighted by atomic mass is 9.85. The molecule has 0 amide bonds. The molecular weight excluding hydrogens is 594 g/mol. The maximum absolute atomic E-state index is 14.2. The van der Waals surface area contributed by atoms with Gasteiger partial charge in [-0.25, -0.2) is 14.2 Å². The number of methoxy groups -OCH3 is 1. The summed E-state index contributed by atoms with van der Waals surface area (Å²) in [6.07, 6.45) is 0. The summed E-state index contributed by atoms with van der Waals surface area (Å²) >= 11 is 0. The Morgan fingerprint density at radius 2 is 1.41 bits per heavy atom. The molecule has 0 saturated carbocycles. The third kappa shape index (κ3) is 5.64. The van der Waals surface area contributed by atoms with Gasteiger partial charge in [0.1, 0.15) is 25.4 Å². The largest absolute Gasteiger partial charge is 0.859 e. The standard InChI is InChI=1S/C33H31N5O8/c1-45-24-13-12-20(18-21(24)19-36-14-16-46-17-15-36)25(26-28(39)34-32(43)37(30(26)41)22-8-4-2-5-9-22)27-29(40)35-33(44)38(31(27)42)23-10-6-3-7-11-23/h2-13,18,25,41-42H,14-17,19H2,1H3,(H,34,39,43)(H,35,40,44). The molecule has 1 atom stereocenters. The third-order valence-corrected chi connectivity index (χ3v) is 8.11. The molecule has 4 N–H and O–H groups in total. The zero-order valence-electron chi connectivity index (χ0n) is 24.8. The number of ether oxygens (including phenoxy) is 2. The topological polar surface area (TPSA) is 176 Å². The fourth-order valence-corrected chi connectivity index (χ4v) is 5.91. The minimum Gasteiger partial charge on any atom is -0.859 e. The Morgan fingerprint density at radius 3 is 2.02 bits per heavy atom. The zero-order valence-corrected chi connectivity index (χ0v) is 24.8. The first-order valence-electron chi connectivity index (χ1n) is 14.6. The smallest absolute Gasteiger partial charge is 0.335 e. The monoisotopic (exact) mass is 625 g/mol. The van der Waals surface area contributed by atoms with Crippen molar-refractivity contribution in [2.24, 2.45) is 0 Å². The number of nitrogens with zero attached hydrogens (tertiary/aromatic N) is 2. The van der Waals surface area contributed by atoms with Gasteiger partial charge in [-0.05, 0) is 47.8 Å².